The molecule has 1 amide bonds. The minimum Gasteiger partial charge on any atom is -0.326 e. The van der Waals surface area contributed by atoms with E-state index in [-0.39, 0.29) is 17.2 Å². The monoisotopic (exact) mass is 398 g/mol. The number of hydrogen-bond donors (Lipinski definition) is 1. The molecule has 28 heavy (non-hydrogen) atoms. The van der Waals surface area contributed by atoms with E-state index in [1.807, 2.05) is 36.5 Å². The van der Waals surface area contributed by atoms with Gasteiger partial charge in [-0.15, -0.1) is 0 Å². The Balaban J connectivity index is 1.71. The van der Waals surface area contributed by atoms with Gasteiger partial charge in [-0.25, -0.2) is 17.4 Å². The van der Waals surface area contributed by atoms with Crippen molar-refractivity contribution in [1.82, 2.24) is 14.1 Å². The van der Waals surface area contributed by atoms with Crippen LogP contribution in [0.5, 0.6) is 0 Å². The highest BCUT2D eigenvalue weighted by Gasteiger charge is 2.20. The molecular formula is C20H22N4O3S. The highest BCUT2D eigenvalue weighted by atomic mass is 32.2. The zero-order chi connectivity index (χ0) is 20.3. The number of amides is 1. The zero-order valence-electron chi connectivity index (χ0n) is 16.0. The first-order valence-corrected chi connectivity index (χ1v) is 10.1. The number of carbonyl (C=O) groups excluding carboxylic acids is 1. The van der Waals surface area contributed by atoms with Gasteiger partial charge in [0.1, 0.15) is 0 Å². The van der Waals surface area contributed by atoms with Crippen LogP contribution in [-0.2, 0) is 21.2 Å². The maximum absolute atomic E-state index is 12.4. The summed E-state index contributed by atoms with van der Waals surface area (Å²) in [5.74, 6) is -0.219. The summed E-state index contributed by atoms with van der Waals surface area (Å²) < 4.78 is 27.7. The molecule has 0 spiro atoms. The maximum atomic E-state index is 12.4. The molecule has 0 fully saturated rings. The number of nitrogens with zero attached hydrogens (tertiary/aromatic N) is 3. The Kier molecular flexibility index (Phi) is 5.62. The van der Waals surface area contributed by atoms with Crippen LogP contribution in [0.25, 0.3) is 5.69 Å². The summed E-state index contributed by atoms with van der Waals surface area (Å²) in [7, 11) is -0.619. The molecule has 3 rings (SSSR count). The van der Waals surface area contributed by atoms with Crippen LogP contribution >= 0.6 is 0 Å². The van der Waals surface area contributed by atoms with Crippen molar-refractivity contribution in [3.8, 4) is 5.69 Å². The lowest BCUT2D eigenvalue weighted by atomic mass is 10.1. The molecule has 0 saturated carbocycles. The molecule has 0 aliphatic rings. The SMILES string of the molecule is Cc1ccc(NC(=O)Cc2ccc(-n3cccn3)cc2)cc1S(=O)(=O)N(C)C. The smallest absolute Gasteiger partial charge is 0.242 e. The van der Waals surface area contributed by atoms with Crippen molar-refractivity contribution in [2.75, 3.05) is 19.4 Å². The molecule has 0 bridgehead atoms. The normalized spacial score (nSPS) is 11.6. The minimum atomic E-state index is -3.58. The Hall–Kier alpha value is -2.97. The van der Waals surface area contributed by atoms with Crippen LogP contribution in [0.3, 0.4) is 0 Å². The molecule has 0 aliphatic carbocycles. The lowest BCUT2D eigenvalue weighted by Gasteiger charge is -2.15. The molecule has 8 heteroatoms. The quantitative estimate of drug-likeness (QED) is 0.692. The first-order valence-electron chi connectivity index (χ1n) is 8.69. The van der Waals surface area contributed by atoms with Crippen LogP contribution in [0.15, 0.2) is 65.8 Å². The predicted molar refractivity (Wildman–Crippen MR) is 108 cm³/mol. The van der Waals surface area contributed by atoms with Crippen LogP contribution in [0.1, 0.15) is 11.1 Å². The molecule has 0 aliphatic heterocycles. The molecule has 1 heterocycles. The van der Waals surface area contributed by atoms with Gasteiger partial charge in [0.15, 0.2) is 0 Å². The van der Waals surface area contributed by atoms with Gasteiger partial charge in [-0.3, -0.25) is 4.79 Å². The van der Waals surface area contributed by atoms with Crippen molar-refractivity contribution in [3.05, 3.63) is 72.1 Å². The molecule has 0 atom stereocenters. The predicted octanol–water partition coefficient (Wildman–Crippen LogP) is 2.61. The molecule has 3 aromatic rings. The van der Waals surface area contributed by atoms with E-state index >= 15 is 0 Å². The van der Waals surface area contributed by atoms with Crippen LogP contribution in [0.2, 0.25) is 0 Å². The highest BCUT2D eigenvalue weighted by Crippen LogP contribution is 2.22. The van der Waals surface area contributed by atoms with Gasteiger partial charge in [-0.05, 0) is 48.4 Å². The van der Waals surface area contributed by atoms with Crippen LogP contribution in [-0.4, -0.2) is 42.5 Å². The van der Waals surface area contributed by atoms with Crippen molar-refractivity contribution >= 4 is 21.6 Å². The zero-order valence-corrected chi connectivity index (χ0v) is 16.8. The van der Waals surface area contributed by atoms with Crippen LogP contribution in [0, 0.1) is 6.92 Å². The number of anilines is 1. The average molecular weight is 398 g/mol. The van der Waals surface area contributed by atoms with Gasteiger partial charge in [0, 0.05) is 32.2 Å². The number of aryl methyl sites for hydroxylation is 1. The van der Waals surface area contributed by atoms with E-state index in [1.165, 1.54) is 20.2 Å². The maximum Gasteiger partial charge on any atom is 0.242 e. The molecule has 1 N–H and O–H groups in total. The largest absolute Gasteiger partial charge is 0.326 e. The third kappa shape index (κ3) is 4.29. The summed E-state index contributed by atoms with van der Waals surface area (Å²) in [6.45, 7) is 1.73. The Bertz CT molecular complexity index is 1070. The number of aromatic nitrogens is 2. The summed E-state index contributed by atoms with van der Waals surface area (Å²) in [6.07, 6.45) is 3.73. The molecule has 0 radical (unpaired) electrons. The number of rotatable bonds is 6. The van der Waals surface area contributed by atoms with Gasteiger partial charge >= 0.3 is 0 Å². The Morgan fingerprint density at radius 3 is 2.46 bits per heavy atom. The topological polar surface area (TPSA) is 84.3 Å². The average Bonchev–Trinajstić information content (AvgIpc) is 3.18. The standard InChI is InChI=1S/C20H22N4O3S/c1-15-5-8-17(14-19(15)28(26,27)23(2)3)22-20(25)13-16-6-9-18(10-7-16)24-12-4-11-21-24/h4-12,14H,13H2,1-3H3,(H,22,25). The van der Waals surface area contributed by atoms with E-state index in [9.17, 15) is 13.2 Å². The van der Waals surface area contributed by atoms with E-state index in [4.69, 9.17) is 0 Å². The van der Waals surface area contributed by atoms with Crippen molar-refractivity contribution in [1.29, 1.82) is 0 Å². The van der Waals surface area contributed by atoms with Crippen molar-refractivity contribution in [2.45, 2.75) is 18.2 Å². The number of carbonyl (C=O) groups is 1. The van der Waals surface area contributed by atoms with E-state index in [0.717, 1.165) is 15.6 Å². The van der Waals surface area contributed by atoms with Crippen LogP contribution in [0.4, 0.5) is 5.69 Å². The Morgan fingerprint density at radius 1 is 1.14 bits per heavy atom. The van der Waals surface area contributed by atoms with E-state index in [0.29, 0.717) is 11.3 Å². The van der Waals surface area contributed by atoms with Gasteiger partial charge < -0.3 is 5.32 Å². The Labute approximate surface area is 164 Å². The first-order chi connectivity index (χ1) is 13.3. The van der Waals surface area contributed by atoms with Crippen molar-refractivity contribution in [2.24, 2.45) is 0 Å². The lowest BCUT2D eigenvalue weighted by molar-refractivity contribution is -0.115. The van der Waals surface area contributed by atoms with Gasteiger partial charge in [-0.2, -0.15) is 5.10 Å². The minimum absolute atomic E-state index is 0.180. The second kappa shape index (κ2) is 7.95. The second-order valence-electron chi connectivity index (χ2n) is 6.61. The lowest BCUT2D eigenvalue weighted by Crippen LogP contribution is -2.23. The summed E-state index contributed by atoms with van der Waals surface area (Å²) in [6, 6.07) is 14.2. The van der Waals surface area contributed by atoms with E-state index < -0.39 is 10.0 Å². The fraction of sp³-hybridized carbons (Fsp3) is 0.200. The summed E-state index contributed by atoms with van der Waals surface area (Å²) in [5, 5.41) is 6.94. The molecule has 7 nitrogen and oxygen atoms in total. The van der Waals surface area contributed by atoms with Crippen molar-refractivity contribution < 1.29 is 13.2 Å². The van der Waals surface area contributed by atoms with E-state index in [1.54, 1.807) is 29.9 Å². The number of hydrogen-bond acceptors (Lipinski definition) is 4. The summed E-state index contributed by atoms with van der Waals surface area (Å²) >= 11 is 0. The molecule has 2 aromatic carbocycles. The third-order valence-corrected chi connectivity index (χ3v) is 6.26. The fourth-order valence-electron chi connectivity index (χ4n) is 2.73. The van der Waals surface area contributed by atoms with Crippen LogP contribution < -0.4 is 5.32 Å². The highest BCUT2D eigenvalue weighted by molar-refractivity contribution is 7.89. The van der Waals surface area contributed by atoms with Gasteiger partial charge in [0.2, 0.25) is 15.9 Å². The summed E-state index contributed by atoms with van der Waals surface area (Å²) in [4.78, 5) is 12.6. The second-order valence-corrected chi connectivity index (χ2v) is 8.73. The first kappa shape index (κ1) is 19.8. The molecule has 0 saturated heterocycles. The third-order valence-electron chi connectivity index (χ3n) is 4.30. The molecule has 146 valence electrons. The van der Waals surface area contributed by atoms with Gasteiger partial charge in [0.05, 0.1) is 17.0 Å². The van der Waals surface area contributed by atoms with Gasteiger partial charge in [-0.1, -0.05) is 18.2 Å². The van der Waals surface area contributed by atoms with Crippen molar-refractivity contribution in [3.63, 3.8) is 0 Å². The molecule has 1 aromatic heterocycles. The Morgan fingerprint density at radius 2 is 1.86 bits per heavy atom. The number of benzene rings is 2. The molecular weight excluding hydrogens is 376 g/mol. The van der Waals surface area contributed by atoms with Gasteiger partial charge in [0.25, 0.3) is 0 Å². The summed E-state index contributed by atoms with van der Waals surface area (Å²) in [5.41, 5.74) is 2.83. The molecule has 0 unspecified atom stereocenters. The number of sulfonamides is 1. The van der Waals surface area contributed by atoms with E-state index in [2.05, 4.69) is 10.4 Å². The number of nitrogens with one attached hydrogen (secondary N) is 1. The fourth-order valence-corrected chi connectivity index (χ4v) is 3.88.